The van der Waals surface area contributed by atoms with Crippen molar-refractivity contribution in [2.45, 2.75) is 114 Å². The van der Waals surface area contributed by atoms with Crippen molar-refractivity contribution in [3.63, 3.8) is 0 Å². The predicted octanol–water partition coefficient (Wildman–Crippen LogP) is 7.55. The largest absolute Gasteiger partial charge is 0.486 e. The molecule has 2 saturated heterocycles. The van der Waals surface area contributed by atoms with E-state index < -0.39 is 17.4 Å². The van der Waals surface area contributed by atoms with E-state index in [0.717, 1.165) is 64.7 Å². The van der Waals surface area contributed by atoms with Gasteiger partial charge >= 0.3 is 0 Å². The van der Waals surface area contributed by atoms with E-state index in [4.69, 9.17) is 9.47 Å². The molecule has 2 aromatic carbocycles. The van der Waals surface area contributed by atoms with E-state index in [0.29, 0.717) is 12.1 Å². The zero-order valence-corrected chi connectivity index (χ0v) is 24.9. The third kappa shape index (κ3) is 6.83. The van der Waals surface area contributed by atoms with Gasteiger partial charge in [-0.25, -0.2) is 8.78 Å². The first-order valence-corrected chi connectivity index (χ1v) is 16.5. The normalized spacial score (nSPS) is 27.9. The molecule has 42 heavy (non-hydrogen) atoms. The Morgan fingerprint density at radius 2 is 0.976 bits per heavy atom. The third-order valence-corrected chi connectivity index (χ3v) is 10.00. The van der Waals surface area contributed by atoms with Crippen LogP contribution in [0, 0.1) is 11.6 Å². The first kappa shape index (κ1) is 29.6. The molecule has 7 heteroatoms. The van der Waals surface area contributed by atoms with E-state index in [9.17, 15) is 4.79 Å². The van der Waals surface area contributed by atoms with Crippen LogP contribution >= 0.6 is 0 Å². The lowest BCUT2D eigenvalue weighted by atomic mass is 9.90. The molecule has 0 amide bonds. The maximum absolute atomic E-state index is 15.3. The summed E-state index contributed by atoms with van der Waals surface area (Å²) in [5, 5.41) is 0. The molecule has 2 aliphatic carbocycles. The van der Waals surface area contributed by atoms with Crippen LogP contribution in [0.15, 0.2) is 36.4 Å². The van der Waals surface area contributed by atoms with Gasteiger partial charge in [0, 0.05) is 23.2 Å². The minimum Gasteiger partial charge on any atom is -0.486 e. The van der Waals surface area contributed by atoms with Gasteiger partial charge < -0.3 is 9.47 Å². The highest BCUT2D eigenvalue weighted by molar-refractivity contribution is 6.09. The van der Waals surface area contributed by atoms with Gasteiger partial charge in [0.15, 0.2) is 28.9 Å². The molecule has 5 nitrogen and oxygen atoms in total. The molecule has 2 heterocycles. The lowest BCUT2D eigenvalue weighted by Crippen LogP contribution is -2.49. The lowest BCUT2D eigenvalue weighted by molar-refractivity contribution is 0.0242. The summed E-state index contributed by atoms with van der Waals surface area (Å²) in [6.07, 6.45) is 15.8. The summed E-state index contributed by atoms with van der Waals surface area (Å²) in [7, 11) is 0. The van der Waals surface area contributed by atoms with Gasteiger partial charge in [-0.05, 0) is 127 Å². The van der Waals surface area contributed by atoms with Crippen LogP contribution in [0.25, 0.3) is 0 Å². The fraction of sp³-hybridized carbons (Fsp3) is 0.629. The van der Waals surface area contributed by atoms with Gasteiger partial charge in [-0.2, -0.15) is 0 Å². The zero-order valence-electron chi connectivity index (χ0n) is 24.9. The summed E-state index contributed by atoms with van der Waals surface area (Å²) in [6, 6.07) is 9.37. The van der Waals surface area contributed by atoms with Crippen LogP contribution in [-0.2, 0) is 0 Å². The van der Waals surface area contributed by atoms with E-state index in [-0.39, 0.29) is 34.8 Å². The van der Waals surface area contributed by atoms with Gasteiger partial charge in [-0.3, -0.25) is 14.6 Å². The molecule has 4 unspecified atom stereocenters. The summed E-state index contributed by atoms with van der Waals surface area (Å²) >= 11 is 0. The van der Waals surface area contributed by atoms with Crippen LogP contribution in [0.4, 0.5) is 8.78 Å². The molecule has 0 aromatic heterocycles. The Balaban J connectivity index is 1.11. The quantitative estimate of drug-likeness (QED) is 0.302. The number of hydrogen-bond acceptors (Lipinski definition) is 5. The molecule has 2 aromatic rings. The number of piperidine rings is 2. The average Bonchev–Trinajstić information content (AvgIpc) is 3.04. The molecule has 0 N–H and O–H groups in total. The number of halogens is 2. The van der Waals surface area contributed by atoms with Crippen molar-refractivity contribution < 1.29 is 23.0 Å². The van der Waals surface area contributed by atoms with Gasteiger partial charge in [-0.1, -0.05) is 25.7 Å². The van der Waals surface area contributed by atoms with E-state index >= 15 is 8.78 Å². The fourth-order valence-electron chi connectivity index (χ4n) is 7.73. The number of ketones is 1. The Hall–Kier alpha value is -2.51. The maximum atomic E-state index is 15.3. The fourth-order valence-corrected chi connectivity index (χ4v) is 7.73. The van der Waals surface area contributed by atoms with Crippen LogP contribution in [0.1, 0.15) is 106 Å². The van der Waals surface area contributed by atoms with Crippen LogP contribution in [0.5, 0.6) is 11.5 Å². The molecule has 4 aliphatic rings. The van der Waals surface area contributed by atoms with Gasteiger partial charge in [0.1, 0.15) is 12.2 Å². The van der Waals surface area contributed by atoms with E-state index in [1.165, 1.54) is 63.5 Å². The van der Waals surface area contributed by atoms with Crippen molar-refractivity contribution in [1.29, 1.82) is 0 Å². The highest BCUT2D eigenvalue weighted by Gasteiger charge is 2.34. The molecule has 4 fully saturated rings. The summed E-state index contributed by atoms with van der Waals surface area (Å²) in [6.45, 7) is 4.34. The first-order chi connectivity index (χ1) is 20.6. The summed E-state index contributed by atoms with van der Waals surface area (Å²) in [4.78, 5) is 18.3. The molecule has 0 radical (unpaired) electrons. The SMILES string of the molecule is O=C(c1ccc(OC2CCCCC2N2CCCCC2)c(F)c1)c1ccc(OC2CCCCC2N2CCCCC2)c(F)c1. The van der Waals surface area contributed by atoms with Crippen LogP contribution in [-0.4, -0.2) is 66.1 Å². The number of carbonyl (C=O) groups excluding carboxylic acids is 1. The summed E-state index contributed by atoms with van der Waals surface area (Å²) < 4.78 is 43.0. The third-order valence-electron chi connectivity index (χ3n) is 10.00. The minimum absolute atomic E-state index is 0.0479. The maximum Gasteiger partial charge on any atom is 0.193 e. The molecular formula is C35H46F2N2O3. The van der Waals surface area contributed by atoms with Crippen molar-refractivity contribution in [1.82, 2.24) is 9.80 Å². The summed E-state index contributed by atoms with van der Waals surface area (Å²) in [5.74, 6) is -1.15. The van der Waals surface area contributed by atoms with Crippen LogP contribution in [0.2, 0.25) is 0 Å². The highest BCUT2D eigenvalue weighted by atomic mass is 19.1. The number of hydrogen-bond donors (Lipinski definition) is 0. The topological polar surface area (TPSA) is 42.0 Å². The van der Waals surface area contributed by atoms with Gasteiger partial charge in [0.2, 0.25) is 0 Å². The zero-order chi connectivity index (χ0) is 28.9. The Bertz CT molecular complexity index is 1120. The van der Waals surface area contributed by atoms with E-state index in [2.05, 4.69) is 9.80 Å². The molecule has 2 saturated carbocycles. The molecular weight excluding hydrogens is 534 g/mol. The highest BCUT2D eigenvalue weighted by Crippen LogP contribution is 2.33. The second-order valence-electron chi connectivity index (χ2n) is 12.8. The average molecular weight is 581 g/mol. The van der Waals surface area contributed by atoms with Crippen LogP contribution < -0.4 is 9.47 Å². The van der Waals surface area contributed by atoms with Crippen molar-refractivity contribution >= 4 is 5.78 Å². The van der Waals surface area contributed by atoms with Gasteiger partial charge in [0.05, 0.1) is 0 Å². The summed E-state index contributed by atoms with van der Waals surface area (Å²) in [5.41, 5.74) is 0.364. The van der Waals surface area contributed by atoms with Crippen molar-refractivity contribution in [2.24, 2.45) is 0 Å². The monoisotopic (exact) mass is 580 g/mol. The molecule has 4 atom stereocenters. The Kier molecular flexibility index (Phi) is 9.75. The van der Waals surface area contributed by atoms with Crippen molar-refractivity contribution in [2.75, 3.05) is 26.2 Å². The smallest absolute Gasteiger partial charge is 0.193 e. The van der Waals surface area contributed by atoms with Gasteiger partial charge in [0.25, 0.3) is 0 Å². The molecule has 0 bridgehead atoms. The van der Waals surface area contributed by atoms with Crippen molar-refractivity contribution in [3.8, 4) is 11.5 Å². The number of likely N-dealkylation sites (tertiary alicyclic amines) is 2. The Morgan fingerprint density at radius 1 is 0.571 bits per heavy atom. The van der Waals surface area contributed by atoms with Crippen LogP contribution in [0.3, 0.4) is 0 Å². The van der Waals surface area contributed by atoms with E-state index in [1.54, 1.807) is 24.3 Å². The standard InChI is InChI=1S/C35H46F2N2O3/c36-27-23-25(15-17-31(27)41-33-13-5-3-11-29(33)38-19-7-1-8-20-38)35(40)26-16-18-32(28(37)24-26)42-34-14-6-4-12-30(34)39-21-9-2-10-22-39/h15-18,23-24,29-30,33-34H,1-14,19-22H2. The number of ether oxygens (including phenoxy) is 2. The second kappa shape index (κ2) is 13.9. The van der Waals surface area contributed by atoms with Crippen molar-refractivity contribution in [3.05, 3.63) is 59.2 Å². The Labute approximate surface area is 249 Å². The molecule has 2 aliphatic heterocycles. The number of nitrogens with zero attached hydrogens (tertiary/aromatic N) is 2. The first-order valence-electron chi connectivity index (χ1n) is 16.5. The number of carbonyl (C=O) groups is 1. The lowest BCUT2D eigenvalue weighted by Gasteiger charge is -2.41. The second-order valence-corrected chi connectivity index (χ2v) is 12.8. The minimum atomic E-state index is -0.551. The van der Waals surface area contributed by atoms with Gasteiger partial charge in [-0.15, -0.1) is 0 Å². The molecule has 6 rings (SSSR count). The molecule has 0 spiro atoms. The van der Waals surface area contributed by atoms with E-state index in [1.807, 2.05) is 0 Å². The number of rotatable bonds is 8. The number of benzene rings is 2. The Morgan fingerprint density at radius 3 is 1.38 bits per heavy atom. The molecule has 228 valence electrons. The predicted molar refractivity (Wildman–Crippen MR) is 160 cm³/mol.